The van der Waals surface area contributed by atoms with Crippen LogP contribution in [-0.4, -0.2) is 67.8 Å². The van der Waals surface area contributed by atoms with Crippen molar-refractivity contribution < 1.29 is 26.4 Å². The Morgan fingerprint density at radius 1 is 1.15 bits per heavy atom. The van der Waals surface area contributed by atoms with Gasteiger partial charge in [-0.05, 0) is 12.8 Å². The van der Waals surface area contributed by atoms with E-state index < -0.39 is 27.5 Å². The van der Waals surface area contributed by atoms with Gasteiger partial charge in [-0.15, -0.1) is 0 Å². The summed E-state index contributed by atoms with van der Waals surface area (Å²) in [5.74, 6) is -0.531. The first-order chi connectivity index (χ1) is 9.25. The Balaban J connectivity index is 2.17. The summed E-state index contributed by atoms with van der Waals surface area (Å²) < 4.78 is 61.0. The molecule has 1 amide bonds. The molecule has 0 spiro atoms. The highest BCUT2D eigenvalue weighted by Crippen LogP contribution is 2.33. The first kappa shape index (κ1) is 15.5. The summed E-state index contributed by atoms with van der Waals surface area (Å²) in [5, 5.41) is 3.02. The Morgan fingerprint density at radius 2 is 1.75 bits per heavy atom. The van der Waals surface area contributed by atoms with Gasteiger partial charge in [-0.1, -0.05) is 0 Å². The van der Waals surface area contributed by atoms with E-state index in [0.717, 1.165) is 0 Å². The summed E-state index contributed by atoms with van der Waals surface area (Å²) in [6.07, 6.45) is 0.399. The quantitative estimate of drug-likeness (QED) is 0.762. The van der Waals surface area contributed by atoms with Gasteiger partial charge in [0.2, 0.25) is 5.91 Å². The minimum Gasteiger partial charge on any atom is -0.339 e. The Morgan fingerprint density at radius 3 is 2.30 bits per heavy atom. The van der Waals surface area contributed by atoms with Gasteiger partial charge in [0.1, 0.15) is 6.04 Å². The second-order valence-electron chi connectivity index (χ2n) is 4.79. The van der Waals surface area contributed by atoms with Crippen LogP contribution in [0, 0.1) is 0 Å². The molecule has 0 aromatic rings. The topological polar surface area (TPSA) is 69.7 Å². The predicted molar refractivity (Wildman–Crippen MR) is 64.2 cm³/mol. The maximum absolute atomic E-state index is 12.6. The lowest BCUT2D eigenvalue weighted by molar-refractivity contribution is -0.135. The number of carbonyl (C=O) groups is 1. The van der Waals surface area contributed by atoms with Crippen molar-refractivity contribution in [2.45, 2.75) is 24.4 Å². The Bertz CT molecular complexity index is 474. The summed E-state index contributed by atoms with van der Waals surface area (Å²) in [6.45, 7) is 1.63. The number of nitrogens with one attached hydrogen (secondary N) is 1. The van der Waals surface area contributed by atoms with Crippen molar-refractivity contribution in [2.24, 2.45) is 0 Å². The van der Waals surface area contributed by atoms with Gasteiger partial charge < -0.3 is 10.2 Å². The lowest BCUT2D eigenvalue weighted by Gasteiger charge is -2.32. The average molecular weight is 315 g/mol. The van der Waals surface area contributed by atoms with Crippen molar-refractivity contribution >= 4 is 15.9 Å². The fourth-order valence-electron chi connectivity index (χ4n) is 2.50. The van der Waals surface area contributed by atoms with E-state index in [9.17, 15) is 26.4 Å². The molecule has 0 bridgehead atoms. The molecule has 2 saturated heterocycles. The van der Waals surface area contributed by atoms with Crippen molar-refractivity contribution in [3.63, 3.8) is 0 Å². The minimum absolute atomic E-state index is 0.137. The predicted octanol–water partition coefficient (Wildman–Crippen LogP) is -0.268. The van der Waals surface area contributed by atoms with Crippen molar-refractivity contribution in [1.82, 2.24) is 14.5 Å². The zero-order valence-electron chi connectivity index (χ0n) is 10.7. The van der Waals surface area contributed by atoms with E-state index in [-0.39, 0.29) is 19.4 Å². The molecule has 2 fully saturated rings. The molecule has 1 N–H and O–H groups in total. The molecule has 0 radical (unpaired) electrons. The van der Waals surface area contributed by atoms with E-state index in [1.54, 1.807) is 0 Å². The van der Waals surface area contributed by atoms with Gasteiger partial charge in [-0.3, -0.25) is 4.79 Å². The number of amides is 1. The monoisotopic (exact) mass is 315 g/mol. The highest BCUT2D eigenvalue weighted by atomic mass is 32.2. The van der Waals surface area contributed by atoms with Crippen molar-refractivity contribution in [1.29, 1.82) is 0 Å². The maximum atomic E-state index is 12.6. The third-order valence-corrected chi connectivity index (χ3v) is 5.16. The summed E-state index contributed by atoms with van der Waals surface area (Å²) >= 11 is 0. The second kappa shape index (κ2) is 5.49. The first-order valence-corrected chi connectivity index (χ1v) is 7.77. The number of piperazine rings is 1. The van der Waals surface area contributed by atoms with Gasteiger partial charge in [0.05, 0.1) is 0 Å². The van der Waals surface area contributed by atoms with Gasteiger partial charge >= 0.3 is 15.5 Å². The van der Waals surface area contributed by atoms with Crippen LogP contribution in [0.4, 0.5) is 13.2 Å². The summed E-state index contributed by atoms with van der Waals surface area (Å²) in [4.78, 5) is 13.6. The Kier molecular flexibility index (Phi) is 4.26. The summed E-state index contributed by atoms with van der Waals surface area (Å²) in [7, 11) is -5.44. The molecule has 1 unspecified atom stereocenters. The van der Waals surface area contributed by atoms with Crippen LogP contribution in [0.25, 0.3) is 0 Å². The third-order valence-electron chi connectivity index (χ3n) is 3.52. The van der Waals surface area contributed by atoms with Crippen LogP contribution in [0.5, 0.6) is 0 Å². The lowest BCUT2D eigenvalue weighted by Crippen LogP contribution is -2.54. The summed E-state index contributed by atoms with van der Waals surface area (Å²) in [5.41, 5.74) is -5.36. The van der Waals surface area contributed by atoms with Crippen molar-refractivity contribution in [3.8, 4) is 0 Å². The van der Waals surface area contributed by atoms with Crippen molar-refractivity contribution in [2.75, 3.05) is 32.7 Å². The van der Waals surface area contributed by atoms with Gasteiger partial charge in [-0.25, -0.2) is 8.42 Å². The molecular weight excluding hydrogens is 299 g/mol. The fourth-order valence-corrected chi connectivity index (χ4v) is 3.67. The molecule has 20 heavy (non-hydrogen) atoms. The molecule has 0 aromatic heterocycles. The van der Waals surface area contributed by atoms with Gasteiger partial charge in [-0.2, -0.15) is 17.5 Å². The molecule has 2 aliphatic heterocycles. The molecule has 1 atom stereocenters. The number of hydrogen-bond donors (Lipinski definition) is 1. The molecule has 116 valence electrons. The minimum atomic E-state index is -5.44. The highest BCUT2D eigenvalue weighted by molar-refractivity contribution is 7.90. The van der Waals surface area contributed by atoms with E-state index >= 15 is 0 Å². The molecule has 2 rings (SSSR count). The van der Waals surface area contributed by atoms with E-state index in [2.05, 4.69) is 5.32 Å². The normalized spacial score (nSPS) is 25.9. The number of halogens is 3. The molecule has 6 nitrogen and oxygen atoms in total. The van der Waals surface area contributed by atoms with Crippen LogP contribution in [0.3, 0.4) is 0 Å². The molecule has 0 aromatic carbocycles. The number of nitrogens with zero attached hydrogens (tertiary/aromatic N) is 2. The number of rotatable bonds is 2. The van der Waals surface area contributed by atoms with Crippen molar-refractivity contribution in [3.05, 3.63) is 0 Å². The van der Waals surface area contributed by atoms with Crippen LogP contribution in [0.1, 0.15) is 12.8 Å². The third kappa shape index (κ3) is 2.77. The standard InChI is InChI=1S/C10H16F3N3O3S/c11-10(12,13)20(18,19)16-5-1-2-8(16)9(17)15-6-3-14-4-7-15/h8,14H,1-7H2. The van der Waals surface area contributed by atoms with E-state index in [0.29, 0.717) is 30.5 Å². The van der Waals surface area contributed by atoms with E-state index in [4.69, 9.17) is 0 Å². The lowest BCUT2D eigenvalue weighted by atomic mass is 10.2. The molecule has 2 heterocycles. The number of hydrogen-bond acceptors (Lipinski definition) is 4. The Hall–Kier alpha value is -0.870. The summed E-state index contributed by atoms with van der Waals surface area (Å²) in [6, 6.07) is -1.22. The zero-order valence-corrected chi connectivity index (χ0v) is 11.5. The number of sulfonamides is 1. The van der Waals surface area contributed by atoms with Crippen LogP contribution >= 0.6 is 0 Å². The average Bonchev–Trinajstić information content (AvgIpc) is 2.87. The molecule has 0 aliphatic carbocycles. The molecular formula is C10H16F3N3O3S. The molecule has 0 saturated carbocycles. The number of alkyl halides is 3. The van der Waals surface area contributed by atoms with Crippen LogP contribution < -0.4 is 5.32 Å². The van der Waals surface area contributed by atoms with E-state index in [1.807, 2.05) is 0 Å². The van der Waals surface area contributed by atoms with Gasteiger partial charge in [0, 0.05) is 32.7 Å². The Labute approximate surface area is 115 Å². The smallest absolute Gasteiger partial charge is 0.339 e. The first-order valence-electron chi connectivity index (χ1n) is 6.33. The number of carbonyl (C=O) groups excluding carboxylic acids is 1. The van der Waals surface area contributed by atoms with Gasteiger partial charge in [0.15, 0.2) is 0 Å². The largest absolute Gasteiger partial charge is 0.511 e. The fraction of sp³-hybridized carbons (Fsp3) is 0.900. The maximum Gasteiger partial charge on any atom is 0.511 e. The van der Waals surface area contributed by atoms with Crippen LogP contribution in [0.15, 0.2) is 0 Å². The second-order valence-corrected chi connectivity index (χ2v) is 6.68. The van der Waals surface area contributed by atoms with E-state index in [1.165, 1.54) is 4.90 Å². The van der Waals surface area contributed by atoms with Gasteiger partial charge in [0.25, 0.3) is 0 Å². The molecule has 10 heteroatoms. The zero-order chi connectivity index (χ0) is 15.0. The highest BCUT2D eigenvalue weighted by Gasteiger charge is 2.54. The SMILES string of the molecule is O=C(C1CCCN1S(=O)(=O)C(F)(F)F)N1CCNCC1. The molecule has 2 aliphatic rings. The van der Waals surface area contributed by atoms with Crippen LogP contribution in [0.2, 0.25) is 0 Å². The van der Waals surface area contributed by atoms with Crippen LogP contribution in [-0.2, 0) is 14.8 Å².